The Kier molecular flexibility index (Phi) is 6.04. The quantitative estimate of drug-likeness (QED) is 0.206. The van der Waals surface area contributed by atoms with E-state index in [0.717, 1.165) is 12.1 Å². The first kappa shape index (κ1) is 24.5. The van der Waals surface area contributed by atoms with Gasteiger partial charge in [0.15, 0.2) is 0 Å². The Morgan fingerprint density at radius 2 is 1.19 bits per heavy atom. The molecule has 1 aliphatic carbocycles. The van der Waals surface area contributed by atoms with Crippen molar-refractivity contribution < 1.29 is 24.4 Å². The number of hydrogen-bond donors (Lipinski definition) is 0. The molecule has 0 radical (unpaired) electrons. The van der Waals surface area contributed by atoms with Crippen LogP contribution in [0.3, 0.4) is 0 Å². The maximum absolute atomic E-state index is 11.9. The van der Waals surface area contributed by atoms with E-state index in [0.29, 0.717) is 12.1 Å². The van der Waals surface area contributed by atoms with Crippen LogP contribution in [-0.2, 0) is 0 Å². The van der Waals surface area contributed by atoms with Crippen molar-refractivity contribution in [3.8, 4) is 16.9 Å². The summed E-state index contributed by atoms with van der Waals surface area (Å²) in [7, 11) is 1.30. The molecular formula is C21H10Cl2N4O9. The van der Waals surface area contributed by atoms with Gasteiger partial charge in [0, 0.05) is 33.8 Å². The molecule has 4 rings (SSSR count). The monoisotopic (exact) mass is 532 g/mol. The van der Waals surface area contributed by atoms with Crippen LogP contribution in [0.4, 0.5) is 22.7 Å². The molecule has 0 heterocycles. The van der Waals surface area contributed by atoms with Crippen LogP contribution >= 0.6 is 23.2 Å². The molecular weight excluding hydrogens is 523 g/mol. The largest absolute Gasteiger partial charge is 0.495 e. The summed E-state index contributed by atoms with van der Waals surface area (Å²) in [6.07, 6.45) is 1.34. The fourth-order valence-electron chi connectivity index (χ4n) is 4.03. The molecule has 0 fully saturated rings. The van der Waals surface area contributed by atoms with Crippen molar-refractivity contribution in [2.75, 3.05) is 7.11 Å². The first-order valence-corrected chi connectivity index (χ1v) is 10.4. The lowest BCUT2D eigenvalue weighted by Crippen LogP contribution is -1.99. The topological polar surface area (TPSA) is 182 Å². The molecule has 0 unspecified atom stereocenters. The van der Waals surface area contributed by atoms with Crippen LogP contribution in [0.2, 0.25) is 10.0 Å². The minimum absolute atomic E-state index is 0.00441. The zero-order chi connectivity index (χ0) is 26.5. The van der Waals surface area contributed by atoms with Gasteiger partial charge in [-0.2, -0.15) is 0 Å². The van der Waals surface area contributed by atoms with Crippen molar-refractivity contribution in [2.45, 2.75) is 0 Å². The summed E-state index contributed by atoms with van der Waals surface area (Å²) in [4.78, 5) is 43.3. The van der Waals surface area contributed by atoms with Crippen LogP contribution in [0.15, 0.2) is 36.4 Å². The van der Waals surface area contributed by atoms with Crippen molar-refractivity contribution in [1.82, 2.24) is 0 Å². The predicted octanol–water partition coefficient (Wildman–Crippen LogP) is 6.20. The fourth-order valence-corrected chi connectivity index (χ4v) is 4.62. The van der Waals surface area contributed by atoms with Crippen LogP contribution in [0.1, 0.15) is 16.7 Å². The average molecular weight is 533 g/mol. The van der Waals surface area contributed by atoms with E-state index in [-0.39, 0.29) is 49.2 Å². The molecule has 0 atom stereocenters. The first-order chi connectivity index (χ1) is 16.9. The van der Waals surface area contributed by atoms with E-state index in [4.69, 9.17) is 27.9 Å². The molecule has 0 amide bonds. The van der Waals surface area contributed by atoms with Crippen molar-refractivity contribution in [1.29, 1.82) is 0 Å². The second-order valence-electron chi connectivity index (χ2n) is 7.37. The molecule has 0 spiro atoms. The number of fused-ring (bicyclic) bond motifs is 3. The van der Waals surface area contributed by atoms with E-state index >= 15 is 0 Å². The van der Waals surface area contributed by atoms with Gasteiger partial charge >= 0.3 is 0 Å². The highest BCUT2D eigenvalue weighted by molar-refractivity contribution is 6.36. The van der Waals surface area contributed by atoms with E-state index in [2.05, 4.69) is 0 Å². The number of methoxy groups -OCH3 is 1. The van der Waals surface area contributed by atoms with Crippen LogP contribution in [0.5, 0.6) is 5.75 Å². The summed E-state index contributed by atoms with van der Waals surface area (Å²) < 4.78 is 5.30. The minimum atomic E-state index is -0.916. The lowest BCUT2D eigenvalue weighted by atomic mass is 9.99. The molecule has 0 N–H and O–H groups in total. The third kappa shape index (κ3) is 3.95. The van der Waals surface area contributed by atoms with Crippen LogP contribution in [-0.4, -0.2) is 26.8 Å². The van der Waals surface area contributed by atoms with E-state index in [1.807, 2.05) is 0 Å². The van der Waals surface area contributed by atoms with Gasteiger partial charge in [0.05, 0.1) is 55.1 Å². The molecule has 3 aromatic carbocycles. The molecule has 0 saturated heterocycles. The highest BCUT2D eigenvalue weighted by atomic mass is 35.5. The van der Waals surface area contributed by atoms with Crippen molar-refractivity contribution in [3.05, 3.63) is 104 Å². The SMILES string of the molecule is COc1c(Cl)cc(Cl)cc1C=C1c2cc([N+](=O)[O-])cc([N+](=O)[O-])c2-c2c1cc([N+](=O)[O-])cc2[N+](=O)[O-]. The van der Waals surface area contributed by atoms with Gasteiger partial charge in [0.25, 0.3) is 22.7 Å². The highest BCUT2D eigenvalue weighted by Gasteiger charge is 2.40. The van der Waals surface area contributed by atoms with Gasteiger partial charge < -0.3 is 4.74 Å². The predicted molar refractivity (Wildman–Crippen MR) is 128 cm³/mol. The van der Waals surface area contributed by atoms with Crippen LogP contribution < -0.4 is 4.74 Å². The Bertz CT molecular complexity index is 1490. The van der Waals surface area contributed by atoms with Gasteiger partial charge in [-0.15, -0.1) is 0 Å². The lowest BCUT2D eigenvalue weighted by Gasteiger charge is -2.10. The smallest absolute Gasteiger partial charge is 0.284 e. The molecule has 15 heteroatoms. The average Bonchev–Trinajstić information content (AvgIpc) is 3.10. The van der Waals surface area contributed by atoms with Gasteiger partial charge in [-0.25, -0.2) is 0 Å². The molecule has 0 saturated carbocycles. The zero-order valence-electron chi connectivity index (χ0n) is 17.8. The number of nitro groups is 4. The van der Waals surface area contributed by atoms with E-state index in [9.17, 15) is 40.5 Å². The Morgan fingerprint density at radius 1 is 0.722 bits per heavy atom. The summed E-state index contributed by atoms with van der Waals surface area (Å²) in [5, 5.41) is 47.1. The minimum Gasteiger partial charge on any atom is -0.495 e. The molecule has 0 aliphatic heterocycles. The Hall–Kier alpha value is -4.62. The van der Waals surface area contributed by atoms with E-state index < -0.39 is 42.4 Å². The van der Waals surface area contributed by atoms with Gasteiger partial charge in [-0.1, -0.05) is 23.2 Å². The van der Waals surface area contributed by atoms with E-state index in [1.165, 1.54) is 25.3 Å². The number of ether oxygens (including phenoxy) is 1. The highest BCUT2D eigenvalue weighted by Crippen LogP contribution is 2.55. The van der Waals surface area contributed by atoms with Crippen LogP contribution in [0, 0.1) is 40.5 Å². The van der Waals surface area contributed by atoms with Crippen LogP contribution in [0.25, 0.3) is 22.8 Å². The Balaban J connectivity index is 2.23. The summed E-state index contributed by atoms with van der Waals surface area (Å²) in [5.41, 5.74) is -3.49. The maximum Gasteiger partial charge on any atom is 0.284 e. The number of hydrogen-bond acceptors (Lipinski definition) is 9. The summed E-state index contributed by atoms with van der Waals surface area (Å²) in [6.45, 7) is 0. The van der Waals surface area contributed by atoms with Crippen molar-refractivity contribution in [3.63, 3.8) is 0 Å². The second-order valence-corrected chi connectivity index (χ2v) is 8.22. The first-order valence-electron chi connectivity index (χ1n) is 9.64. The third-order valence-electron chi connectivity index (χ3n) is 5.39. The fraction of sp³-hybridized carbons (Fsp3) is 0.0476. The van der Waals surface area contributed by atoms with Gasteiger partial charge in [0.2, 0.25) is 0 Å². The molecule has 182 valence electrons. The van der Waals surface area contributed by atoms with Gasteiger partial charge in [-0.3, -0.25) is 40.5 Å². The normalized spacial score (nSPS) is 11.5. The molecule has 13 nitrogen and oxygen atoms in total. The van der Waals surface area contributed by atoms with Gasteiger partial charge in [0.1, 0.15) is 5.75 Å². The molecule has 0 aromatic heterocycles. The molecule has 1 aliphatic rings. The van der Waals surface area contributed by atoms with Gasteiger partial charge in [-0.05, 0) is 23.8 Å². The number of nitro benzene ring substituents is 4. The second kappa shape index (κ2) is 8.87. The Morgan fingerprint density at radius 3 is 1.58 bits per heavy atom. The number of nitrogens with zero attached hydrogens (tertiary/aromatic N) is 4. The lowest BCUT2D eigenvalue weighted by molar-refractivity contribution is -0.395. The number of halogens is 2. The molecule has 3 aromatic rings. The molecule has 0 bridgehead atoms. The maximum atomic E-state index is 11.9. The van der Waals surface area contributed by atoms with Crippen molar-refractivity contribution in [2.24, 2.45) is 0 Å². The summed E-state index contributed by atoms with van der Waals surface area (Å²) >= 11 is 12.3. The van der Waals surface area contributed by atoms with E-state index in [1.54, 1.807) is 0 Å². The zero-order valence-corrected chi connectivity index (χ0v) is 19.3. The van der Waals surface area contributed by atoms with Crippen molar-refractivity contribution >= 4 is 57.6 Å². The third-order valence-corrected chi connectivity index (χ3v) is 5.89. The number of benzene rings is 3. The summed E-state index contributed by atoms with van der Waals surface area (Å²) in [6, 6.07) is 6.14. The number of rotatable bonds is 6. The standard InChI is InChI=1S/C21H10Cl2N4O9/c1-36-21-9(2-10(22)4-16(21)23)3-13-14-5-11(24(28)29)7-17(26(32)33)19(14)20-15(13)6-12(25(30)31)8-18(20)27(34)35/h2-8H,1H3. The number of non-ortho nitro benzene ring substituents is 2. The molecule has 36 heavy (non-hydrogen) atoms. The Labute approximate surface area is 209 Å². The summed E-state index contributed by atoms with van der Waals surface area (Å²) in [5.74, 6) is 0.114.